The molecule has 3 aromatic rings. The highest BCUT2D eigenvalue weighted by Gasteiger charge is 2.06. The molecule has 3 rings (SSSR count). The zero-order chi connectivity index (χ0) is 13.4. The van der Waals surface area contributed by atoms with Crippen LogP contribution in [-0.4, -0.2) is 9.55 Å². The predicted octanol–water partition coefficient (Wildman–Crippen LogP) is 4.54. The lowest BCUT2D eigenvalue weighted by Crippen LogP contribution is -1.99. The summed E-state index contributed by atoms with van der Waals surface area (Å²) in [7, 11) is 0. The summed E-state index contributed by atoms with van der Waals surface area (Å²) in [6.07, 6.45) is 0. The van der Waals surface area contributed by atoms with Crippen LogP contribution in [0.3, 0.4) is 0 Å². The average Bonchev–Trinajstić information content (AvgIpc) is 2.68. The van der Waals surface area contributed by atoms with E-state index in [4.69, 9.17) is 23.8 Å². The SMILES string of the molecule is Fc1ccc2c(c1)[nH]c(=S)n2Cc1ccc(Cl)cc1. The molecule has 0 unspecified atom stereocenters. The van der Waals surface area contributed by atoms with Crippen molar-refractivity contribution in [1.29, 1.82) is 0 Å². The quantitative estimate of drug-likeness (QED) is 0.688. The van der Waals surface area contributed by atoms with Crippen molar-refractivity contribution in [3.8, 4) is 0 Å². The van der Waals surface area contributed by atoms with Crippen LogP contribution in [-0.2, 0) is 6.54 Å². The molecule has 1 aromatic heterocycles. The highest BCUT2D eigenvalue weighted by atomic mass is 35.5. The van der Waals surface area contributed by atoms with Gasteiger partial charge < -0.3 is 9.55 Å². The average molecular weight is 293 g/mol. The predicted molar refractivity (Wildman–Crippen MR) is 77.6 cm³/mol. The largest absolute Gasteiger partial charge is 0.330 e. The van der Waals surface area contributed by atoms with Crippen molar-refractivity contribution < 1.29 is 4.39 Å². The van der Waals surface area contributed by atoms with Crippen LogP contribution in [0.5, 0.6) is 0 Å². The van der Waals surface area contributed by atoms with Crippen LogP contribution in [0.2, 0.25) is 5.02 Å². The van der Waals surface area contributed by atoms with Crippen LogP contribution in [0, 0.1) is 10.6 Å². The molecule has 0 aliphatic carbocycles. The summed E-state index contributed by atoms with van der Waals surface area (Å²) in [5, 5.41) is 0.702. The van der Waals surface area contributed by atoms with Crippen LogP contribution >= 0.6 is 23.8 Å². The molecule has 0 atom stereocenters. The van der Waals surface area contributed by atoms with Gasteiger partial charge in [0.1, 0.15) is 5.82 Å². The Hall–Kier alpha value is -1.65. The summed E-state index contributed by atoms with van der Waals surface area (Å²) in [6, 6.07) is 12.2. The standard InChI is InChI=1S/C14H10ClFN2S/c15-10-3-1-9(2-4-10)8-18-13-6-5-11(16)7-12(13)17-14(18)19/h1-7H,8H2,(H,17,19). The summed E-state index contributed by atoms with van der Waals surface area (Å²) in [4.78, 5) is 3.01. The van der Waals surface area contributed by atoms with Crippen molar-refractivity contribution in [2.75, 3.05) is 0 Å². The summed E-state index contributed by atoms with van der Waals surface area (Å²) < 4.78 is 15.7. The maximum absolute atomic E-state index is 13.2. The maximum atomic E-state index is 13.2. The van der Waals surface area contributed by atoms with Crippen molar-refractivity contribution >= 4 is 34.9 Å². The highest BCUT2D eigenvalue weighted by molar-refractivity contribution is 7.71. The van der Waals surface area contributed by atoms with E-state index in [-0.39, 0.29) is 5.82 Å². The molecule has 0 radical (unpaired) electrons. The van der Waals surface area contributed by atoms with Gasteiger partial charge in [-0.3, -0.25) is 0 Å². The Morgan fingerprint density at radius 2 is 1.89 bits per heavy atom. The van der Waals surface area contributed by atoms with E-state index in [1.165, 1.54) is 12.1 Å². The number of aromatic nitrogens is 2. The molecule has 1 N–H and O–H groups in total. The van der Waals surface area contributed by atoms with Crippen LogP contribution in [0.15, 0.2) is 42.5 Å². The lowest BCUT2D eigenvalue weighted by atomic mass is 10.2. The first-order valence-corrected chi connectivity index (χ1v) is 6.54. The van der Waals surface area contributed by atoms with Gasteiger partial charge in [0, 0.05) is 5.02 Å². The molecule has 0 saturated heterocycles. The summed E-state index contributed by atoms with van der Waals surface area (Å²) in [5.41, 5.74) is 2.69. The number of nitrogens with one attached hydrogen (secondary N) is 1. The number of hydrogen-bond donors (Lipinski definition) is 1. The van der Waals surface area contributed by atoms with Gasteiger partial charge in [-0.05, 0) is 48.1 Å². The van der Waals surface area contributed by atoms with Crippen LogP contribution in [0.4, 0.5) is 4.39 Å². The number of hydrogen-bond acceptors (Lipinski definition) is 1. The topological polar surface area (TPSA) is 20.7 Å². The number of halogens is 2. The lowest BCUT2D eigenvalue weighted by molar-refractivity contribution is 0.629. The van der Waals surface area contributed by atoms with Gasteiger partial charge >= 0.3 is 0 Å². The second-order valence-electron chi connectivity index (χ2n) is 4.30. The fraction of sp³-hybridized carbons (Fsp3) is 0.0714. The zero-order valence-electron chi connectivity index (χ0n) is 9.86. The molecule has 5 heteroatoms. The van der Waals surface area contributed by atoms with Crippen molar-refractivity contribution in [3.63, 3.8) is 0 Å². The third-order valence-electron chi connectivity index (χ3n) is 2.99. The molecule has 96 valence electrons. The van der Waals surface area contributed by atoms with E-state index < -0.39 is 0 Å². The minimum Gasteiger partial charge on any atom is -0.330 e. The Morgan fingerprint density at radius 1 is 1.16 bits per heavy atom. The first-order valence-electron chi connectivity index (χ1n) is 5.76. The first kappa shape index (κ1) is 12.4. The van der Waals surface area contributed by atoms with Gasteiger partial charge in [0.25, 0.3) is 0 Å². The second-order valence-corrected chi connectivity index (χ2v) is 5.13. The highest BCUT2D eigenvalue weighted by Crippen LogP contribution is 2.18. The molecule has 0 bridgehead atoms. The van der Waals surface area contributed by atoms with E-state index >= 15 is 0 Å². The van der Waals surface area contributed by atoms with Gasteiger partial charge in [0.15, 0.2) is 4.77 Å². The molecular formula is C14H10ClFN2S. The van der Waals surface area contributed by atoms with Gasteiger partial charge in [0.2, 0.25) is 0 Å². The maximum Gasteiger partial charge on any atom is 0.178 e. The molecule has 19 heavy (non-hydrogen) atoms. The van der Waals surface area contributed by atoms with Crippen molar-refractivity contribution in [2.24, 2.45) is 0 Å². The molecule has 0 aliphatic rings. The molecule has 0 aliphatic heterocycles. The second kappa shape index (κ2) is 4.79. The molecule has 1 heterocycles. The minimum atomic E-state index is -0.276. The molecule has 0 spiro atoms. The van der Waals surface area contributed by atoms with Crippen LogP contribution in [0.1, 0.15) is 5.56 Å². The molecule has 0 amide bonds. The van der Waals surface area contributed by atoms with Crippen molar-refractivity contribution in [2.45, 2.75) is 6.54 Å². The van der Waals surface area contributed by atoms with Gasteiger partial charge in [-0.25, -0.2) is 4.39 Å². The molecule has 2 aromatic carbocycles. The van der Waals surface area contributed by atoms with E-state index in [1.807, 2.05) is 28.8 Å². The Kier molecular flexibility index (Phi) is 3.12. The molecule has 0 saturated carbocycles. The van der Waals surface area contributed by atoms with E-state index in [0.29, 0.717) is 21.9 Å². The van der Waals surface area contributed by atoms with Crippen molar-refractivity contribution in [3.05, 3.63) is 63.6 Å². The van der Waals surface area contributed by atoms with Gasteiger partial charge in [-0.1, -0.05) is 23.7 Å². The number of H-pyrrole nitrogens is 1. The Balaban J connectivity index is 2.07. The van der Waals surface area contributed by atoms with E-state index in [0.717, 1.165) is 11.1 Å². The molecular weight excluding hydrogens is 283 g/mol. The Labute approximate surface area is 119 Å². The Morgan fingerprint density at radius 3 is 2.63 bits per heavy atom. The summed E-state index contributed by atoms with van der Waals surface area (Å²) >= 11 is 11.1. The third-order valence-corrected chi connectivity index (χ3v) is 3.56. The number of imidazole rings is 1. The van der Waals surface area contributed by atoms with E-state index in [2.05, 4.69) is 4.98 Å². The molecule has 2 nitrogen and oxygen atoms in total. The Bertz CT molecular complexity index is 789. The van der Waals surface area contributed by atoms with Crippen LogP contribution in [0.25, 0.3) is 11.0 Å². The summed E-state index contributed by atoms with van der Waals surface area (Å²) in [5.74, 6) is -0.276. The molecule has 0 fully saturated rings. The van der Waals surface area contributed by atoms with Gasteiger partial charge in [0.05, 0.1) is 17.6 Å². The fourth-order valence-electron chi connectivity index (χ4n) is 2.07. The van der Waals surface area contributed by atoms with E-state index in [9.17, 15) is 4.39 Å². The monoisotopic (exact) mass is 292 g/mol. The number of rotatable bonds is 2. The smallest absolute Gasteiger partial charge is 0.178 e. The van der Waals surface area contributed by atoms with Crippen molar-refractivity contribution in [1.82, 2.24) is 9.55 Å². The van der Waals surface area contributed by atoms with Gasteiger partial charge in [-0.15, -0.1) is 0 Å². The number of nitrogens with zero attached hydrogens (tertiary/aromatic N) is 1. The van der Waals surface area contributed by atoms with Crippen LogP contribution < -0.4 is 0 Å². The van der Waals surface area contributed by atoms with E-state index in [1.54, 1.807) is 6.07 Å². The fourth-order valence-corrected chi connectivity index (χ4v) is 2.46. The third kappa shape index (κ3) is 2.41. The number of benzene rings is 2. The lowest BCUT2D eigenvalue weighted by Gasteiger charge is -2.05. The zero-order valence-corrected chi connectivity index (χ0v) is 11.4. The summed E-state index contributed by atoms with van der Waals surface area (Å²) in [6.45, 7) is 0.627. The number of aromatic amines is 1. The first-order chi connectivity index (χ1) is 9.13. The van der Waals surface area contributed by atoms with Gasteiger partial charge in [-0.2, -0.15) is 0 Å². The number of fused-ring (bicyclic) bond motifs is 1. The normalized spacial score (nSPS) is 11.1. The minimum absolute atomic E-state index is 0.276.